The Labute approximate surface area is 145 Å². The first-order chi connectivity index (χ1) is 11.6. The summed E-state index contributed by atoms with van der Waals surface area (Å²) in [4.78, 5) is 12.3. The highest BCUT2D eigenvalue weighted by atomic mass is 32.2. The number of rotatable bonds is 5. The lowest BCUT2D eigenvalue weighted by atomic mass is 9.98. The van der Waals surface area contributed by atoms with Crippen molar-refractivity contribution in [3.63, 3.8) is 0 Å². The predicted molar refractivity (Wildman–Crippen MR) is 87.0 cm³/mol. The van der Waals surface area contributed by atoms with Crippen molar-refractivity contribution in [1.82, 2.24) is 9.62 Å². The minimum atomic E-state index is -4.43. The summed E-state index contributed by atoms with van der Waals surface area (Å²) < 4.78 is 63.2. The zero-order chi connectivity index (χ0) is 18.7. The van der Waals surface area contributed by atoms with E-state index >= 15 is 0 Å². The van der Waals surface area contributed by atoms with Gasteiger partial charge >= 0.3 is 6.18 Å². The zero-order valence-corrected chi connectivity index (χ0v) is 14.7. The van der Waals surface area contributed by atoms with Crippen LogP contribution < -0.4 is 5.32 Å². The van der Waals surface area contributed by atoms with Crippen molar-refractivity contribution in [3.8, 4) is 0 Å². The van der Waals surface area contributed by atoms with E-state index in [0.29, 0.717) is 24.9 Å². The van der Waals surface area contributed by atoms with Crippen molar-refractivity contribution in [2.24, 2.45) is 5.92 Å². The number of hydrogen-bond acceptors (Lipinski definition) is 3. The van der Waals surface area contributed by atoms with Gasteiger partial charge in [-0.2, -0.15) is 13.2 Å². The van der Waals surface area contributed by atoms with Crippen molar-refractivity contribution >= 4 is 15.9 Å². The highest BCUT2D eigenvalue weighted by Gasteiger charge is 2.32. The molecule has 25 heavy (non-hydrogen) atoms. The number of nitrogens with one attached hydrogen (secondary N) is 1. The Morgan fingerprint density at radius 1 is 1.36 bits per heavy atom. The molecule has 5 nitrogen and oxygen atoms in total. The number of carbonyl (C=O) groups is 1. The van der Waals surface area contributed by atoms with Crippen molar-refractivity contribution in [2.45, 2.75) is 32.5 Å². The maximum Gasteiger partial charge on any atom is 0.416 e. The molecule has 2 rings (SSSR count). The Morgan fingerprint density at radius 2 is 2.08 bits per heavy atom. The second-order valence-electron chi connectivity index (χ2n) is 6.01. The number of hydrogen-bond donors (Lipinski definition) is 1. The molecule has 9 heteroatoms. The largest absolute Gasteiger partial charge is 0.416 e. The molecule has 1 aromatic rings. The van der Waals surface area contributed by atoms with Gasteiger partial charge in [0.2, 0.25) is 15.9 Å². The van der Waals surface area contributed by atoms with Crippen LogP contribution in [0.4, 0.5) is 13.2 Å². The van der Waals surface area contributed by atoms with Crippen LogP contribution in [0.1, 0.15) is 30.9 Å². The van der Waals surface area contributed by atoms with Gasteiger partial charge in [-0.3, -0.25) is 4.79 Å². The standard InChI is InChI=1S/C16H21F3N2O3S/c1-2-25(23,24)21-8-4-6-13(11-21)15(22)20-10-12-5-3-7-14(9-12)16(17,18)19/h3,5,7,9,13H,2,4,6,8,10-11H2,1H3,(H,20,22). The maximum atomic E-state index is 12.7. The summed E-state index contributed by atoms with van der Waals surface area (Å²) in [5.41, 5.74) is -0.422. The first-order valence-corrected chi connectivity index (χ1v) is 9.66. The van der Waals surface area contributed by atoms with Crippen LogP contribution in [0.5, 0.6) is 0 Å². The first-order valence-electron chi connectivity index (χ1n) is 8.05. The SMILES string of the molecule is CCS(=O)(=O)N1CCCC(C(=O)NCc2cccc(C(F)(F)F)c2)C1. The Balaban J connectivity index is 1.96. The lowest BCUT2D eigenvalue weighted by Crippen LogP contribution is -2.45. The van der Waals surface area contributed by atoms with Gasteiger partial charge in [0.15, 0.2) is 0 Å². The van der Waals surface area contributed by atoms with Crippen LogP contribution in [-0.2, 0) is 27.5 Å². The summed E-state index contributed by atoms with van der Waals surface area (Å²) in [5.74, 6) is -0.847. The van der Waals surface area contributed by atoms with Gasteiger partial charge in [-0.1, -0.05) is 12.1 Å². The molecule has 1 fully saturated rings. The van der Waals surface area contributed by atoms with Gasteiger partial charge in [-0.05, 0) is 37.5 Å². The van der Waals surface area contributed by atoms with Gasteiger partial charge in [0, 0.05) is 19.6 Å². The van der Waals surface area contributed by atoms with Gasteiger partial charge in [-0.25, -0.2) is 12.7 Å². The lowest BCUT2D eigenvalue weighted by Gasteiger charge is -2.30. The number of carbonyl (C=O) groups excluding carboxylic acids is 1. The number of halogens is 3. The van der Waals surface area contributed by atoms with Gasteiger partial charge in [0.05, 0.1) is 17.2 Å². The predicted octanol–water partition coefficient (Wildman–Crippen LogP) is 2.38. The molecule has 0 radical (unpaired) electrons. The summed E-state index contributed by atoms with van der Waals surface area (Å²) in [6.45, 7) is 2.03. The third-order valence-electron chi connectivity index (χ3n) is 4.23. The van der Waals surface area contributed by atoms with Crippen molar-refractivity contribution in [3.05, 3.63) is 35.4 Å². The minimum absolute atomic E-state index is 0.0222. The summed E-state index contributed by atoms with van der Waals surface area (Å²) >= 11 is 0. The van der Waals surface area contributed by atoms with Gasteiger partial charge in [0.25, 0.3) is 0 Å². The maximum absolute atomic E-state index is 12.7. The van der Waals surface area contributed by atoms with E-state index in [1.807, 2.05) is 0 Å². The second kappa shape index (κ2) is 7.74. The fourth-order valence-corrected chi connectivity index (χ4v) is 3.96. The molecule has 1 aliphatic rings. The zero-order valence-electron chi connectivity index (χ0n) is 13.8. The molecule has 1 atom stereocenters. The van der Waals surface area contributed by atoms with E-state index in [4.69, 9.17) is 0 Å². The Morgan fingerprint density at radius 3 is 2.72 bits per heavy atom. The molecule has 1 N–H and O–H groups in total. The molecule has 1 unspecified atom stereocenters. The number of alkyl halides is 3. The second-order valence-corrected chi connectivity index (χ2v) is 8.27. The molecule has 0 aromatic heterocycles. The van der Waals surface area contributed by atoms with E-state index < -0.39 is 27.7 Å². The third kappa shape index (κ3) is 5.18. The van der Waals surface area contributed by atoms with E-state index in [2.05, 4.69) is 5.32 Å². The molecule has 140 valence electrons. The molecule has 1 aromatic carbocycles. The highest BCUT2D eigenvalue weighted by Crippen LogP contribution is 2.29. The van der Waals surface area contributed by atoms with Crippen LogP contribution in [-0.4, -0.2) is 37.5 Å². The molecule has 0 bridgehead atoms. The number of nitrogens with zero attached hydrogens (tertiary/aromatic N) is 1. The van der Waals surface area contributed by atoms with Gasteiger partial charge in [-0.15, -0.1) is 0 Å². The summed E-state index contributed by atoms with van der Waals surface area (Å²) in [5, 5.41) is 2.61. The fourth-order valence-electron chi connectivity index (χ4n) is 2.78. The quantitative estimate of drug-likeness (QED) is 0.856. The molecule has 1 saturated heterocycles. The number of amides is 1. The topological polar surface area (TPSA) is 66.5 Å². The normalized spacial score (nSPS) is 19.6. The van der Waals surface area contributed by atoms with Crippen LogP contribution in [0.15, 0.2) is 24.3 Å². The van der Waals surface area contributed by atoms with Gasteiger partial charge < -0.3 is 5.32 Å². The summed E-state index contributed by atoms with van der Waals surface area (Å²) in [6.07, 6.45) is -3.29. The molecule has 0 spiro atoms. The Bertz CT molecular complexity index is 720. The minimum Gasteiger partial charge on any atom is -0.352 e. The molecule has 1 aliphatic heterocycles. The van der Waals surface area contributed by atoms with Crippen molar-refractivity contribution in [1.29, 1.82) is 0 Å². The van der Waals surface area contributed by atoms with Crippen molar-refractivity contribution < 1.29 is 26.4 Å². The first kappa shape index (κ1) is 19.7. The molecular weight excluding hydrogens is 357 g/mol. The van der Waals surface area contributed by atoms with Gasteiger partial charge in [0.1, 0.15) is 0 Å². The van der Waals surface area contributed by atoms with Crippen LogP contribution in [0.2, 0.25) is 0 Å². The number of sulfonamides is 1. The molecule has 0 saturated carbocycles. The average Bonchev–Trinajstić information content (AvgIpc) is 2.59. The van der Waals surface area contributed by atoms with Crippen LogP contribution in [0, 0.1) is 5.92 Å². The van der Waals surface area contributed by atoms with E-state index in [1.54, 1.807) is 6.92 Å². The Hall–Kier alpha value is -1.61. The van der Waals surface area contributed by atoms with E-state index in [-0.39, 0.29) is 24.7 Å². The third-order valence-corrected chi connectivity index (χ3v) is 6.08. The van der Waals surface area contributed by atoms with Crippen molar-refractivity contribution in [2.75, 3.05) is 18.8 Å². The highest BCUT2D eigenvalue weighted by molar-refractivity contribution is 7.89. The summed E-state index contributed by atoms with van der Waals surface area (Å²) in [6, 6.07) is 4.76. The van der Waals surface area contributed by atoms with Crippen LogP contribution >= 0.6 is 0 Å². The number of benzene rings is 1. The lowest BCUT2D eigenvalue weighted by molar-refractivity contribution is -0.137. The smallest absolute Gasteiger partial charge is 0.352 e. The Kier molecular flexibility index (Phi) is 6.10. The van der Waals surface area contributed by atoms with E-state index in [9.17, 15) is 26.4 Å². The molecule has 1 heterocycles. The molecular formula is C16H21F3N2O3S. The summed E-state index contributed by atoms with van der Waals surface area (Å²) in [7, 11) is -3.35. The number of piperidine rings is 1. The molecule has 1 amide bonds. The fraction of sp³-hybridized carbons (Fsp3) is 0.562. The van der Waals surface area contributed by atoms with Crippen LogP contribution in [0.3, 0.4) is 0 Å². The van der Waals surface area contributed by atoms with E-state index in [0.717, 1.165) is 12.1 Å². The van der Waals surface area contributed by atoms with E-state index in [1.165, 1.54) is 16.4 Å². The average molecular weight is 378 g/mol. The van der Waals surface area contributed by atoms with Crippen LogP contribution in [0.25, 0.3) is 0 Å². The monoisotopic (exact) mass is 378 g/mol. The molecule has 0 aliphatic carbocycles.